The van der Waals surface area contributed by atoms with E-state index in [4.69, 9.17) is 0 Å². The van der Waals surface area contributed by atoms with Gasteiger partial charge in [0.15, 0.2) is 9.84 Å². The largest absolute Gasteiger partial charge is 0.383 e. The van der Waals surface area contributed by atoms with Crippen molar-refractivity contribution in [1.82, 2.24) is 0 Å². The third-order valence-electron chi connectivity index (χ3n) is 4.20. The highest BCUT2D eigenvalue weighted by atomic mass is 32.2. The fraction of sp³-hybridized carbons (Fsp3) is 0.533. The van der Waals surface area contributed by atoms with E-state index in [1.54, 1.807) is 0 Å². The Kier molecular flexibility index (Phi) is 3.89. The summed E-state index contributed by atoms with van der Waals surface area (Å²) in [5, 5.41) is 5.21. The quantitative estimate of drug-likeness (QED) is 0.875. The number of aryl methyl sites for hydroxylation is 1. The summed E-state index contributed by atoms with van der Waals surface area (Å²) >= 11 is 0. The van der Waals surface area contributed by atoms with E-state index in [1.165, 1.54) is 5.56 Å². The first-order valence-corrected chi connectivity index (χ1v) is 9.18. The van der Waals surface area contributed by atoms with Gasteiger partial charge in [-0.15, -0.1) is 0 Å². The van der Waals surface area contributed by atoms with Gasteiger partial charge in [-0.25, -0.2) is 8.42 Å². The van der Waals surface area contributed by atoms with Crippen molar-refractivity contribution in [1.29, 1.82) is 0 Å². The molecule has 1 saturated heterocycles. The van der Waals surface area contributed by atoms with Crippen LogP contribution < -0.4 is 10.6 Å². The molecule has 2 N–H and O–H groups in total. The van der Waals surface area contributed by atoms with Gasteiger partial charge in [0.05, 0.1) is 17.1 Å². The van der Waals surface area contributed by atoms with Gasteiger partial charge in [0.2, 0.25) is 5.91 Å². The van der Waals surface area contributed by atoms with Gasteiger partial charge in [-0.3, -0.25) is 4.79 Å². The van der Waals surface area contributed by atoms with Crippen molar-refractivity contribution in [3.63, 3.8) is 0 Å². The van der Waals surface area contributed by atoms with Crippen LogP contribution in [0.25, 0.3) is 0 Å². The first-order valence-electron chi connectivity index (χ1n) is 7.46. The molecule has 1 unspecified atom stereocenters. The number of anilines is 2. The highest BCUT2D eigenvalue weighted by molar-refractivity contribution is 7.92. The van der Waals surface area contributed by atoms with Gasteiger partial charge in [0.25, 0.3) is 0 Å². The first-order chi connectivity index (χ1) is 10.1. The topological polar surface area (TPSA) is 75.3 Å². The molecule has 0 aromatic heterocycles. The highest BCUT2D eigenvalue weighted by Crippen LogP contribution is 2.31. The predicted molar refractivity (Wildman–Crippen MR) is 83.3 cm³/mol. The summed E-state index contributed by atoms with van der Waals surface area (Å²) in [6.07, 6.45) is 3.93. The molecule has 0 aliphatic carbocycles. The Balaban J connectivity index is 1.82. The zero-order chi connectivity index (χ0) is 14.9. The molecular weight excluding hydrogens is 288 g/mol. The molecule has 5 nitrogen and oxygen atoms in total. The van der Waals surface area contributed by atoms with E-state index in [-0.39, 0.29) is 5.75 Å². The summed E-state index contributed by atoms with van der Waals surface area (Å²) in [5.41, 5.74) is 2.80. The molecule has 0 radical (unpaired) electrons. The highest BCUT2D eigenvalue weighted by Gasteiger charge is 2.35. The monoisotopic (exact) mass is 308 g/mol. The number of amides is 1. The number of benzene rings is 1. The molecule has 1 amide bonds. The van der Waals surface area contributed by atoms with E-state index in [0.29, 0.717) is 18.5 Å². The molecule has 1 aromatic rings. The zero-order valence-electron chi connectivity index (χ0n) is 11.9. The second-order valence-corrected chi connectivity index (χ2v) is 8.01. The molecule has 21 heavy (non-hydrogen) atoms. The molecule has 1 fully saturated rings. The summed E-state index contributed by atoms with van der Waals surface area (Å²) in [5.74, 6) is -0.272. The molecule has 6 heteroatoms. The molecule has 114 valence electrons. The van der Waals surface area contributed by atoms with E-state index >= 15 is 0 Å². The molecule has 1 atom stereocenters. The van der Waals surface area contributed by atoms with E-state index in [0.717, 1.165) is 31.5 Å². The fourth-order valence-corrected chi connectivity index (χ4v) is 4.88. The van der Waals surface area contributed by atoms with E-state index < -0.39 is 21.0 Å². The van der Waals surface area contributed by atoms with Gasteiger partial charge in [-0.05, 0) is 37.3 Å². The lowest BCUT2D eigenvalue weighted by Gasteiger charge is -2.24. The van der Waals surface area contributed by atoms with E-state index in [2.05, 4.69) is 10.6 Å². The lowest BCUT2D eigenvalue weighted by molar-refractivity contribution is -0.116. The lowest BCUT2D eigenvalue weighted by atomic mass is 10.0. The van der Waals surface area contributed by atoms with Crippen molar-refractivity contribution in [2.75, 3.05) is 22.9 Å². The van der Waals surface area contributed by atoms with Crippen LogP contribution >= 0.6 is 0 Å². The van der Waals surface area contributed by atoms with Gasteiger partial charge in [-0.1, -0.05) is 18.6 Å². The number of hydrogen-bond donors (Lipinski definition) is 2. The SMILES string of the molecule is O=C(Nc1cccc2c1NCCC2)C1CCCCS1(=O)=O. The average molecular weight is 308 g/mol. The number of hydrogen-bond acceptors (Lipinski definition) is 4. The van der Waals surface area contributed by atoms with Gasteiger partial charge in [0, 0.05) is 6.54 Å². The van der Waals surface area contributed by atoms with Crippen LogP contribution in [-0.2, 0) is 21.1 Å². The number of carbonyl (C=O) groups excluding carboxylic acids is 1. The summed E-state index contributed by atoms with van der Waals surface area (Å²) < 4.78 is 24.1. The number of sulfone groups is 1. The minimum absolute atomic E-state index is 0.121. The molecule has 2 heterocycles. The van der Waals surface area contributed by atoms with Crippen LogP contribution in [0.5, 0.6) is 0 Å². The maximum Gasteiger partial charge on any atom is 0.242 e. The zero-order valence-corrected chi connectivity index (χ0v) is 12.7. The molecule has 1 aromatic carbocycles. The van der Waals surface area contributed by atoms with Crippen LogP contribution in [0.1, 0.15) is 31.2 Å². The number of para-hydroxylation sites is 1. The summed E-state index contributed by atoms with van der Waals surface area (Å²) in [4.78, 5) is 12.4. The Morgan fingerprint density at radius 1 is 1.24 bits per heavy atom. The normalized spacial score (nSPS) is 23.7. The Morgan fingerprint density at radius 2 is 2.10 bits per heavy atom. The van der Waals surface area contributed by atoms with Crippen LogP contribution in [0, 0.1) is 0 Å². The van der Waals surface area contributed by atoms with Crippen LogP contribution in [0.2, 0.25) is 0 Å². The van der Waals surface area contributed by atoms with Crippen molar-refractivity contribution in [2.45, 2.75) is 37.4 Å². The van der Waals surface area contributed by atoms with Gasteiger partial charge >= 0.3 is 0 Å². The standard InChI is InChI=1S/C15H20N2O3S/c18-15(13-8-1-2-10-21(13,19)20)17-12-7-3-5-11-6-4-9-16-14(11)12/h3,5,7,13,16H,1-2,4,6,8-10H2,(H,17,18). The van der Waals surface area contributed by atoms with Crippen LogP contribution in [0.4, 0.5) is 11.4 Å². The molecule has 0 spiro atoms. The van der Waals surface area contributed by atoms with Crippen LogP contribution in [0.3, 0.4) is 0 Å². The molecule has 3 rings (SSSR count). The van der Waals surface area contributed by atoms with Crippen molar-refractivity contribution in [2.24, 2.45) is 0 Å². The van der Waals surface area contributed by atoms with Crippen LogP contribution in [-0.4, -0.2) is 31.9 Å². The van der Waals surface area contributed by atoms with Gasteiger partial charge in [-0.2, -0.15) is 0 Å². The average Bonchev–Trinajstić information content (AvgIpc) is 2.47. The number of fused-ring (bicyclic) bond motifs is 1. The van der Waals surface area contributed by atoms with E-state index in [9.17, 15) is 13.2 Å². The minimum Gasteiger partial charge on any atom is -0.383 e. The fourth-order valence-electron chi connectivity index (χ4n) is 3.08. The third-order valence-corrected chi connectivity index (χ3v) is 6.38. The third kappa shape index (κ3) is 2.90. The number of nitrogens with one attached hydrogen (secondary N) is 2. The van der Waals surface area contributed by atoms with Crippen LogP contribution in [0.15, 0.2) is 18.2 Å². The molecule has 0 bridgehead atoms. The lowest BCUT2D eigenvalue weighted by Crippen LogP contribution is -2.39. The van der Waals surface area contributed by atoms with E-state index in [1.807, 2.05) is 18.2 Å². The first kappa shape index (κ1) is 14.4. The Hall–Kier alpha value is -1.56. The Morgan fingerprint density at radius 3 is 2.90 bits per heavy atom. The number of carbonyl (C=O) groups is 1. The smallest absolute Gasteiger partial charge is 0.242 e. The Labute approximate surface area is 125 Å². The second-order valence-electron chi connectivity index (χ2n) is 5.71. The van der Waals surface area contributed by atoms with Crippen molar-refractivity contribution >= 4 is 27.1 Å². The maximum atomic E-state index is 12.4. The Bertz CT molecular complexity index is 655. The second kappa shape index (κ2) is 5.67. The summed E-state index contributed by atoms with van der Waals surface area (Å²) in [6, 6.07) is 5.76. The summed E-state index contributed by atoms with van der Waals surface area (Å²) in [7, 11) is -3.30. The maximum absolute atomic E-state index is 12.4. The summed E-state index contributed by atoms with van der Waals surface area (Å²) in [6.45, 7) is 0.877. The predicted octanol–water partition coefficient (Wildman–Crippen LogP) is 1.95. The van der Waals surface area contributed by atoms with Crippen molar-refractivity contribution in [3.8, 4) is 0 Å². The molecular formula is C15H20N2O3S. The minimum atomic E-state index is -3.30. The van der Waals surface area contributed by atoms with Gasteiger partial charge in [0.1, 0.15) is 5.25 Å². The number of rotatable bonds is 2. The molecule has 2 aliphatic heterocycles. The van der Waals surface area contributed by atoms with Crippen molar-refractivity contribution < 1.29 is 13.2 Å². The molecule has 0 saturated carbocycles. The van der Waals surface area contributed by atoms with Crippen molar-refractivity contribution in [3.05, 3.63) is 23.8 Å². The van der Waals surface area contributed by atoms with Gasteiger partial charge < -0.3 is 10.6 Å². The molecule has 2 aliphatic rings.